The molecule has 0 aromatic carbocycles. The summed E-state index contributed by atoms with van der Waals surface area (Å²) in [6, 6.07) is 4.02. The number of nitrogens with two attached hydrogens (primary N) is 1. The Labute approximate surface area is 112 Å². The highest BCUT2D eigenvalue weighted by Crippen LogP contribution is 2.13. The SMILES string of the molecule is CCOC(=O)N1CCC(NCc2ccc(N)o2)CC1. The molecule has 1 aliphatic heterocycles. The number of hydrogen-bond acceptors (Lipinski definition) is 5. The fourth-order valence-corrected chi connectivity index (χ4v) is 2.22. The summed E-state index contributed by atoms with van der Waals surface area (Å²) in [7, 11) is 0. The van der Waals surface area contributed by atoms with Gasteiger partial charge < -0.3 is 25.1 Å². The molecule has 6 nitrogen and oxygen atoms in total. The molecular formula is C13H21N3O3. The maximum atomic E-state index is 11.5. The fourth-order valence-electron chi connectivity index (χ4n) is 2.22. The molecule has 2 heterocycles. The van der Waals surface area contributed by atoms with Crippen LogP contribution in [0.4, 0.5) is 10.7 Å². The molecule has 1 aliphatic rings. The number of nitrogens with zero attached hydrogens (tertiary/aromatic N) is 1. The molecule has 1 saturated heterocycles. The van der Waals surface area contributed by atoms with Crippen molar-refractivity contribution in [1.82, 2.24) is 10.2 Å². The summed E-state index contributed by atoms with van der Waals surface area (Å²) < 4.78 is 10.3. The number of carbonyl (C=O) groups excluding carboxylic acids is 1. The first-order chi connectivity index (χ1) is 9.19. The largest absolute Gasteiger partial charge is 0.450 e. The molecule has 1 amide bonds. The molecule has 1 aromatic rings. The molecule has 1 aromatic heterocycles. The maximum Gasteiger partial charge on any atom is 0.409 e. The number of hydrogen-bond donors (Lipinski definition) is 2. The first kappa shape index (κ1) is 13.7. The van der Waals surface area contributed by atoms with Gasteiger partial charge in [0.15, 0.2) is 5.88 Å². The number of likely N-dealkylation sites (tertiary alicyclic amines) is 1. The Hall–Kier alpha value is -1.69. The number of nitrogens with one attached hydrogen (secondary N) is 1. The minimum Gasteiger partial charge on any atom is -0.450 e. The molecule has 0 spiro atoms. The lowest BCUT2D eigenvalue weighted by Crippen LogP contribution is -2.44. The zero-order valence-corrected chi connectivity index (χ0v) is 11.2. The van der Waals surface area contributed by atoms with Crippen LogP contribution in [0.1, 0.15) is 25.5 Å². The first-order valence-corrected chi connectivity index (χ1v) is 6.68. The summed E-state index contributed by atoms with van der Waals surface area (Å²) in [5, 5.41) is 3.41. The Morgan fingerprint density at radius 2 is 2.26 bits per heavy atom. The van der Waals surface area contributed by atoms with E-state index in [0.29, 0.717) is 25.1 Å². The number of nitrogen functional groups attached to an aromatic ring is 1. The predicted octanol–water partition coefficient (Wildman–Crippen LogP) is 1.57. The Morgan fingerprint density at radius 1 is 1.53 bits per heavy atom. The van der Waals surface area contributed by atoms with E-state index in [1.54, 1.807) is 11.0 Å². The monoisotopic (exact) mass is 267 g/mol. The highest BCUT2D eigenvalue weighted by Gasteiger charge is 2.23. The lowest BCUT2D eigenvalue weighted by molar-refractivity contribution is 0.0948. The van der Waals surface area contributed by atoms with Crippen LogP contribution in [0.15, 0.2) is 16.5 Å². The molecule has 0 unspecified atom stereocenters. The van der Waals surface area contributed by atoms with Gasteiger partial charge in [-0.15, -0.1) is 0 Å². The molecule has 1 fully saturated rings. The van der Waals surface area contributed by atoms with Gasteiger partial charge >= 0.3 is 6.09 Å². The van der Waals surface area contributed by atoms with Crippen molar-refractivity contribution >= 4 is 12.0 Å². The quantitative estimate of drug-likeness (QED) is 0.865. The molecule has 106 valence electrons. The van der Waals surface area contributed by atoms with Gasteiger partial charge in [0.25, 0.3) is 0 Å². The average molecular weight is 267 g/mol. The molecular weight excluding hydrogens is 246 g/mol. The molecule has 6 heteroatoms. The van der Waals surface area contributed by atoms with Crippen LogP contribution in [-0.4, -0.2) is 36.7 Å². The van der Waals surface area contributed by atoms with E-state index in [2.05, 4.69) is 5.32 Å². The molecule has 19 heavy (non-hydrogen) atoms. The summed E-state index contributed by atoms with van der Waals surface area (Å²) in [6.07, 6.45) is 1.64. The lowest BCUT2D eigenvalue weighted by atomic mass is 10.1. The first-order valence-electron chi connectivity index (χ1n) is 6.68. The Bertz CT molecular complexity index is 411. The third-order valence-electron chi connectivity index (χ3n) is 3.27. The van der Waals surface area contributed by atoms with Gasteiger partial charge in [0.05, 0.1) is 13.2 Å². The Balaban J connectivity index is 1.70. The number of anilines is 1. The van der Waals surface area contributed by atoms with Crippen molar-refractivity contribution in [3.63, 3.8) is 0 Å². The summed E-state index contributed by atoms with van der Waals surface area (Å²) in [4.78, 5) is 13.3. The maximum absolute atomic E-state index is 11.5. The van der Waals surface area contributed by atoms with Crippen molar-refractivity contribution in [2.45, 2.75) is 32.4 Å². The van der Waals surface area contributed by atoms with Gasteiger partial charge in [0, 0.05) is 25.2 Å². The molecule has 0 bridgehead atoms. The third-order valence-corrected chi connectivity index (χ3v) is 3.27. The van der Waals surface area contributed by atoms with Crippen LogP contribution >= 0.6 is 0 Å². The summed E-state index contributed by atoms with van der Waals surface area (Å²) >= 11 is 0. The van der Waals surface area contributed by atoms with Crippen LogP contribution in [0, 0.1) is 0 Å². The van der Waals surface area contributed by atoms with E-state index in [-0.39, 0.29) is 6.09 Å². The number of carbonyl (C=O) groups is 1. The zero-order valence-electron chi connectivity index (χ0n) is 11.2. The number of piperidine rings is 1. The minimum absolute atomic E-state index is 0.209. The van der Waals surface area contributed by atoms with E-state index < -0.39 is 0 Å². The van der Waals surface area contributed by atoms with Crippen LogP contribution in [0.25, 0.3) is 0 Å². The predicted molar refractivity (Wildman–Crippen MR) is 71.6 cm³/mol. The van der Waals surface area contributed by atoms with E-state index in [1.165, 1.54) is 0 Å². The van der Waals surface area contributed by atoms with Crippen molar-refractivity contribution in [3.05, 3.63) is 17.9 Å². The van der Waals surface area contributed by atoms with Gasteiger partial charge in [-0.1, -0.05) is 0 Å². The average Bonchev–Trinajstić information content (AvgIpc) is 2.83. The van der Waals surface area contributed by atoms with Crippen LogP contribution in [0.2, 0.25) is 0 Å². The summed E-state index contributed by atoms with van der Waals surface area (Å²) in [5.74, 6) is 1.28. The number of furan rings is 1. The summed E-state index contributed by atoms with van der Waals surface area (Å²) in [6.45, 7) is 4.38. The molecule has 0 radical (unpaired) electrons. The Kier molecular flexibility index (Phi) is 4.68. The number of rotatable bonds is 4. The highest BCUT2D eigenvalue weighted by atomic mass is 16.6. The third kappa shape index (κ3) is 3.89. The van der Waals surface area contributed by atoms with E-state index in [4.69, 9.17) is 14.9 Å². The zero-order chi connectivity index (χ0) is 13.7. The van der Waals surface area contributed by atoms with Crippen molar-refractivity contribution in [3.8, 4) is 0 Å². The lowest BCUT2D eigenvalue weighted by Gasteiger charge is -2.31. The van der Waals surface area contributed by atoms with Gasteiger partial charge in [-0.05, 0) is 25.8 Å². The van der Waals surface area contributed by atoms with Crippen LogP contribution in [-0.2, 0) is 11.3 Å². The van der Waals surface area contributed by atoms with Crippen molar-refractivity contribution in [2.75, 3.05) is 25.4 Å². The molecule has 0 atom stereocenters. The van der Waals surface area contributed by atoms with E-state index >= 15 is 0 Å². The summed E-state index contributed by atoms with van der Waals surface area (Å²) in [5.41, 5.74) is 5.51. The second-order valence-electron chi connectivity index (χ2n) is 4.65. The second-order valence-corrected chi connectivity index (χ2v) is 4.65. The second kappa shape index (κ2) is 6.47. The normalized spacial score (nSPS) is 16.6. The molecule has 3 N–H and O–H groups in total. The number of amides is 1. The van der Waals surface area contributed by atoms with Gasteiger partial charge in [-0.2, -0.15) is 0 Å². The van der Waals surface area contributed by atoms with E-state index in [9.17, 15) is 4.79 Å². The van der Waals surface area contributed by atoms with Crippen LogP contribution in [0.3, 0.4) is 0 Å². The number of ether oxygens (including phenoxy) is 1. The van der Waals surface area contributed by atoms with E-state index in [0.717, 1.165) is 31.7 Å². The van der Waals surface area contributed by atoms with Gasteiger partial charge in [-0.3, -0.25) is 0 Å². The van der Waals surface area contributed by atoms with Gasteiger partial charge in [-0.25, -0.2) is 4.79 Å². The van der Waals surface area contributed by atoms with E-state index in [1.807, 2.05) is 13.0 Å². The van der Waals surface area contributed by atoms with Gasteiger partial charge in [0.1, 0.15) is 5.76 Å². The Morgan fingerprint density at radius 3 is 2.84 bits per heavy atom. The molecule has 2 rings (SSSR count). The van der Waals surface area contributed by atoms with Gasteiger partial charge in [0.2, 0.25) is 0 Å². The topological polar surface area (TPSA) is 80.7 Å². The molecule has 0 saturated carbocycles. The standard InChI is InChI=1S/C13H21N3O3/c1-2-18-13(17)16-7-5-10(6-8-16)15-9-11-3-4-12(14)19-11/h3-4,10,15H,2,5-9,14H2,1H3. The molecule has 0 aliphatic carbocycles. The van der Waals surface area contributed by atoms with Crippen LogP contribution in [0.5, 0.6) is 0 Å². The highest BCUT2D eigenvalue weighted by molar-refractivity contribution is 5.67. The van der Waals surface area contributed by atoms with Crippen molar-refractivity contribution in [1.29, 1.82) is 0 Å². The smallest absolute Gasteiger partial charge is 0.409 e. The minimum atomic E-state index is -0.209. The van der Waals surface area contributed by atoms with Crippen molar-refractivity contribution in [2.24, 2.45) is 0 Å². The fraction of sp³-hybridized carbons (Fsp3) is 0.615. The van der Waals surface area contributed by atoms with Crippen molar-refractivity contribution < 1.29 is 13.9 Å². The van der Waals surface area contributed by atoms with Crippen LogP contribution < -0.4 is 11.1 Å².